The van der Waals surface area contributed by atoms with Crippen LogP contribution in [0.5, 0.6) is 5.75 Å². The molecule has 1 N–H and O–H groups in total. The van der Waals surface area contributed by atoms with Crippen molar-refractivity contribution in [1.82, 2.24) is 20.0 Å². The number of methoxy groups -OCH3 is 1. The van der Waals surface area contributed by atoms with Crippen molar-refractivity contribution in [3.63, 3.8) is 0 Å². The second-order valence-corrected chi connectivity index (χ2v) is 4.75. The van der Waals surface area contributed by atoms with Crippen molar-refractivity contribution in [3.05, 3.63) is 60.0 Å². The molecule has 3 rings (SSSR count). The van der Waals surface area contributed by atoms with Crippen LogP contribution in [0.2, 0.25) is 0 Å². The van der Waals surface area contributed by atoms with Crippen molar-refractivity contribution in [2.75, 3.05) is 12.4 Å². The highest BCUT2D eigenvalue weighted by atomic mass is 16.5. The topological polar surface area (TPSA) is 88.6 Å². The van der Waals surface area contributed by atoms with Gasteiger partial charge in [-0.25, -0.2) is 9.67 Å². The van der Waals surface area contributed by atoms with Gasteiger partial charge < -0.3 is 10.1 Å². The van der Waals surface area contributed by atoms with E-state index in [1.807, 2.05) is 36.5 Å². The third-order valence-corrected chi connectivity index (χ3v) is 3.22. The molecule has 0 aliphatic heterocycles. The fraction of sp³-hybridized carbons (Fsp3) is 0.125. The van der Waals surface area contributed by atoms with E-state index in [1.165, 1.54) is 6.20 Å². The smallest absolute Gasteiger partial charge is 0.126 e. The van der Waals surface area contributed by atoms with E-state index < -0.39 is 0 Å². The van der Waals surface area contributed by atoms with Crippen LogP contribution in [-0.2, 0) is 6.54 Å². The van der Waals surface area contributed by atoms with E-state index in [9.17, 15) is 0 Å². The van der Waals surface area contributed by atoms with Gasteiger partial charge in [0.25, 0.3) is 0 Å². The summed E-state index contributed by atoms with van der Waals surface area (Å²) in [7, 11) is 1.63. The zero-order valence-electron chi connectivity index (χ0n) is 12.5. The summed E-state index contributed by atoms with van der Waals surface area (Å²) in [5.74, 6) is 1.48. The molecular weight excluding hydrogens is 292 g/mol. The Labute approximate surface area is 133 Å². The number of pyridine rings is 1. The molecule has 23 heavy (non-hydrogen) atoms. The largest absolute Gasteiger partial charge is 0.497 e. The maximum Gasteiger partial charge on any atom is 0.126 e. The number of hydrogen-bond donors (Lipinski definition) is 1. The third kappa shape index (κ3) is 3.44. The van der Waals surface area contributed by atoms with Crippen LogP contribution in [0.25, 0.3) is 5.69 Å². The standard InChI is InChI=1S/C16H14N6O/c1-23-15-5-3-14(4-6-15)22-11-13(20-21-22)10-19-16-7-2-12(8-17)9-18-16/h2-7,9,11H,10H2,1H3,(H,18,19). The summed E-state index contributed by atoms with van der Waals surface area (Å²) in [4.78, 5) is 4.15. The van der Waals surface area contributed by atoms with E-state index in [0.29, 0.717) is 17.9 Å². The fourth-order valence-corrected chi connectivity index (χ4v) is 1.99. The molecule has 0 radical (unpaired) electrons. The number of nitrogens with one attached hydrogen (secondary N) is 1. The average molecular weight is 306 g/mol. The summed E-state index contributed by atoms with van der Waals surface area (Å²) < 4.78 is 6.83. The van der Waals surface area contributed by atoms with Crippen molar-refractivity contribution in [1.29, 1.82) is 5.26 Å². The maximum atomic E-state index is 8.74. The summed E-state index contributed by atoms with van der Waals surface area (Å²) in [5, 5.41) is 20.1. The predicted molar refractivity (Wildman–Crippen MR) is 84.2 cm³/mol. The quantitative estimate of drug-likeness (QED) is 0.777. The van der Waals surface area contributed by atoms with Crippen LogP contribution in [-0.4, -0.2) is 27.1 Å². The van der Waals surface area contributed by atoms with Crippen LogP contribution in [0.15, 0.2) is 48.8 Å². The minimum atomic E-state index is 0.495. The normalized spacial score (nSPS) is 10.1. The van der Waals surface area contributed by atoms with Crippen molar-refractivity contribution in [2.45, 2.75) is 6.54 Å². The zero-order chi connectivity index (χ0) is 16.1. The Kier molecular flexibility index (Phi) is 4.16. The minimum absolute atomic E-state index is 0.495. The third-order valence-electron chi connectivity index (χ3n) is 3.22. The van der Waals surface area contributed by atoms with Crippen LogP contribution in [0.4, 0.5) is 5.82 Å². The van der Waals surface area contributed by atoms with E-state index >= 15 is 0 Å². The first-order chi connectivity index (χ1) is 11.3. The monoisotopic (exact) mass is 306 g/mol. The second kappa shape index (κ2) is 6.58. The molecule has 0 atom stereocenters. The van der Waals surface area contributed by atoms with Gasteiger partial charge in [-0.2, -0.15) is 5.26 Å². The highest BCUT2D eigenvalue weighted by Crippen LogP contribution is 2.14. The summed E-state index contributed by atoms with van der Waals surface area (Å²) in [6.45, 7) is 0.495. The lowest BCUT2D eigenvalue weighted by molar-refractivity contribution is 0.414. The first-order valence-corrected chi connectivity index (χ1v) is 6.94. The summed E-state index contributed by atoms with van der Waals surface area (Å²) in [6, 6.07) is 13.1. The average Bonchev–Trinajstić information content (AvgIpc) is 3.09. The number of nitriles is 1. The summed E-state index contributed by atoms with van der Waals surface area (Å²) >= 11 is 0. The van der Waals surface area contributed by atoms with Gasteiger partial charge >= 0.3 is 0 Å². The molecule has 1 aromatic carbocycles. The van der Waals surface area contributed by atoms with Crippen molar-refractivity contribution in [3.8, 4) is 17.5 Å². The lowest BCUT2D eigenvalue weighted by Crippen LogP contribution is -2.01. The van der Waals surface area contributed by atoms with E-state index in [-0.39, 0.29) is 0 Å². The van der Waals surface area contributed by atoms with Crippen LogP contribution < -0.4 is 10.1 Å². The Hall–Kier alpha value is -3.40. The zero-order valence-corrected chi connectivity index (χ0v) is 12.5. The van der Waals surface area contributed by atoms with Gasteiger partial charge in [0.05, 0.1) is 31.1 Å². The molecule has 114 valence electrons. The summed E-state index contributed by atoms with van der Waals surface area (Å²) in [5.41, 5.74) is 2.22. The molecule has 0 aliphatic carbocycles. The molecule has 0 fully saturated rings. The van der Waals surface area contributed by atoms with Gasteiger partial charge in [-0.05, 0) is 36.4 Å². The molecule has 0 aliphatic rings. The SMILES string of the molecule is COc1ccc(-n2cc(CNc3ccc(C#N)cn3)nn2)cc1. The lowest BCUT2D eigenvalue weighted by atomic mass is 10.3. The van der Waals surface area contributed by atoms with Gasteiger partial charge in [0.2, 0.25) is 0 Å². The van der Waals surface area contributed by atoms with Gasteiger partial charge in [-0.15, -0.1) is 5.10 Å². The number of anilines is 1. The molecule has 2 aromatic heterocycles. The van der Waals surface area contributed by atoms with E-state index in [1.54, 1.807) is 23.9 Å². The number of benzene rings is 1. The Bertz CT molecular complexity index is 817. The Morgan fingerprint density at radius 3 is 2.70 bits per heavy atom. The molecular formula is C16H14N6O. The molecule has 0 saturated heterocycles. The number of aromatic nitrogens is 4. The van der Waals surface area contributed by atoms with Gasteiger partial charge in [-0.3, -0.25) is 0 Å². The van der Waals surface area contributed by atoms with E-state index in [2.05, 4.69) is 20.6 Å². The number of rotatable bonds is 5. The molecule has 7 nitrogen and oxygen atoms in total. The maximum absolute atomic E-state index is 8.74. The first-order valence-electron chi connectivity index (χ1n) is 6.94. The van der Waals surface area contributed by atoms with Gasteiger partial charge in [0.15, 0.2) is 0 Å². The highest BCUT2D eigenvalue weighted by molar-refractivity contribution is 5.39. The van der Waals surface area contributed by atoms with Crippen LogP contribution >= 0.6 is 0 Å². The van der Waals surface area contributed by atoms with Crippen LogP contribution in [0.3, 0.4) is 0 Å². The first kappa shape index (κ1) is 14.5. The van der Waals surface area contributed by atoms with Crippen molar-refractivity contribution < 1.29 is 4.74 Å². The molecule has 0 bridgehead atoms. The van der Waals surface area contributed by atoms with Crippen LogP contribution in [0.1, 0.15) is 11.3 Å². The van der Waals surface area contributed by atoms with Gasteiger partial charge in [0, 0.05) is 6.20 Å². The number of ether oxygens (including phenoxy) is 1. The van der Waals surface area contributed by atoms with E-state index in [4.69, 9.17) is 10.00 Å². The highest BCUT2D eigenvalue weighted by Gasteiger charge is 2.04. The molecule has 2 heterocycles. The molecule has 3 aromatic rings. The molecule has 0 saturated carbocycles. The van der Waals surface area contributed by atoms with Crippen molar-refractivity contribution in [2.24, 2.45) is 0 Å². The molecule has 0 spiro atoms. The van der Waals surface area contributed by atoms with Crippen LogP contribution in [0, 0.1) is 11.3 Å². The van der Waals surface area contributed by atoms with E-state index in [0.717, 1.165) is 17.1 Å². The molecule has 0 amide bonds. The Morgan fingerprint density at radius 1 is 1.22 bits per heavy atom. The minimum Gasteiger partial charge on any atom is -0.497 e. The number of hydrogen-bond acceptors (Lipinski definition) is 6. The molecule has 0 unspecified atom stereocenters. The summed E-state index contributed by atoms with van der Waals surface area (Å²) in [6.07, 6.45) is 3.37. The Balaban J connectivity index is 1.65. The van der Waals surface area contributed by atoms with Gasteiger partial charge in [0.1, 0.15) is 23.3 Å². The Morgan fingerprint density at radius 2 is 2.04 bits per heavy atom. The second-order valence-electron chi connectivity index (χ2n) is 4.75. The van der Waals surface area contributed by atoms with Gasteiger partial charge in [-0.1, -0.05) is 5.21 Å². The predicted octanol–water partition coefficient (Wildman–Crippen LogP) is 2.15. The molecule has 7 heteroatoms. The number of nitrogens with zero attached hydrogens (tertiary/aromatic N) is 5. The fourth-order valence-electron chi connectivity index (χ4n) is 1.99. The lowest BCUT2D eigenvalue weighted by Gasteiger charge is -2.03. The van der Waals surface area contributed by atoms with Crippen molar-refractivity contribution >= 4 is 5.82 Å².